The number of hydrogen-bond donors (Lipinski definition) is 1. The van der Waals surface area contributed by atoms with E-state index in [-0.39, 0.29) is 11.1 Å². The summed E-state index contributed by atoms with van der Waals surface area (Å²) in [7, 11) is 0. The van der Waals surface area contributed by atoms with Crippen molar-refractivity contribution < 1.29 is 4.79 Å². The zero-order chi connectivity index (χ0) is 13.8. The van der Waals surface area contributed by atoms with Crippen molar-refractivity contribution in [1.82, 2.24) is 9.88 Å². The smallest absolute Gasteiger partial charge is 0.224 e. The van der Waals surface area contributed by atoms with Gasteiger partial charge < -0.3 is 10.2 Å². The fourth-order valence-electron chi connectivity index (χ4n) is 1.98. The van der Waals surface area contributed by atoms with Crippen LogP contribution >= 0.6 is 34.8 Å². The van der Waals surface area contributed by atoms with Gasteiger partial charge in [0.05, 0.1) is 10.0 Å². The van der Waals surface area contributed by atoms with Crippen LogP contribution in [0.1, 0.15) is 19.3 Å². The molecule has 1 saturated heterocycles. The maximum atomic E-state index is 11.8. The number of aromatic nitrogens is 1. The lowest BCUT2D eigenvalue weighted by Gasteiger charge is -2.15. The van der Waals surface area contributed by atoms with Gasteiger partial charge in [-0.1, -0.05) is 34.8 Å². The first-order chi connectivity index (χ1) is 9.08. The van der Waals surface area contributed by atoms with Gasteiger partial charge in [0, 0.05) is 26.1 Å². The van der Waals surface area contributed by atoms with E-state index in [1.165, 1.54) is 6.07 Å². The molecular weight excluding hydrogens is 309 g/mol. The lowest BCUT2D eigenvalue weighted by atomic mass is 10.3. The minimum absolute atomic E-state index is 0.154. The number of hydrogen-bond acceptors (Lipinski definition) is 3. The van der Waals surface area contributed by atoms with Crippen molar-refractivity contribution in [2.75, 3.05) is 25.0 Å². The predicted octanol–water partition coefficient (Wildman–Crippen LogP) is 3.47. The topological polar surface area (TPSA) is 45.2 Å². The first-order valence-corrected chi connectivity index (χ1v) is 7.24. The summed E-state index contributed by atoms with van der Waals surface area (Å²) in [6.45, 7) is 2.20. The van der Waals surface area contributed by atoms with Crippen molar-refractivity contribution in [3.05, 3.63) is 21.3 Å². The van der Waals surface area contributed by atoms with Crippen LogP contribution in [0.25, 0.3) is 0 Å². The Kier molecular flexibility index (Phi) is 5.13. The number of anilines is 1. The molecule has 104 valence electrons. The zero-order valence-electron chi connectivity index (χ0n) is 10.3. The molecule has 19 heavy (non-hydrogen) atoms. The fourth-order valence-corrected chi connectivity index (χ4v) is 2.55. The molecular formula is C12H14Cl3N3O. The van der Waals surface area contributed by atoms with Gasteiger partial charge in [0.1, 0.15) is 11.0 Å². The highest BCUT2D eigenvalue weighted by Gasteiger charge is 2.17. The maximum absolute atomic E-state index is 11.8. The van der Waals surface area contributed by atoms with Gasteiger partial charge in [0.15, 0.2) is 0 Å². The van der Waals surface area contributed by atoms with E-state index in [2.05, 4.69) is 10.3 Å². The van der Waals surface area contributed by atoms with Crippen molar-refractivity contribution >= 4 is 46.5 Å². The van der Waals surface area contributed by atoms with Crippen LogP contribution in [0.2, 0.25) is 15.2 Å². The number of halogens is 3. The van der Waals surface area contributed by atoms with Crippen molar-refractivity contribution in [3.63, 3.8) is 0 Å². The van der Waals surface area contributed by atoms with Crippen LogP contribution in [-0.2, 0) is 4.79 Å². The van der Waals surface area contributed by atoms with Crippen LogP contribution in [0.4, 0.5) is 5.82 Å². The molecule has 1 aliphatic rings. The van der Waals surface area contributed by atoms with Crippen LogP contribution in [0.3, 0.4) is 0 Å². The molecule has 1 aliphatic heterocycles. The summed E-state index contributed by atoms with van der Waals surface area (Å²) in [5.41, 5.74) is 0. The van der Waals surface area contributed by atoms with Gasteiger partial charge >= 0.3 is 0 Å². The standard InChI is InChI=1S/C12H14Cl3N3O/c13-8-7-9(14)12(17-11(8)15)16-4-3-10(19)18-5-1-2-6-18/h7H,1-6H2,(H,16,17). The van der Waals surface area contributed by atoms with Crippen molar-refractivity contribution in [2.45, 2.75) is 19.3 Å². The van der Waals surface area contributed by atoms with E-state index in [1.807, 2.05) is 4.90 Å². The summed E-state index contributed by atoms with van der Waals surface area (Å²) in [6, 6.07) is 1.53. The highest BCUT2D eigenvalue weighted by atomic mass is 35.5. The largest absolute Gasteiger partial charge is 0.368 e. The van der Waals surface area contributed by atoms with Crippen LogP contribution < -0.4 is 5.32 Å². The Morgan fingerprint density at radius 2 is 1.95 bits per heavy atom. The summed E-state index contributed by atoms with van der Waals surface area (Å²) in [5.74, 6) is 0.603. The minimum Gasteiger partial charge on any atom is -0.368 e. The number of carbonyl (C=O) groups excluding carboxylic acids is 1. The molecule has 0 bridgehead atoms. The summed E-state index contributed by atoms with van der Waals surface area (Å²) < 4.78 is 0. The van der Waals surface area contributed by atoms with Crippen molar-refractivity contribution in [3.8, 4) is 0 Å². The highest BCUT2D eigenvalue weighted by molar-refractivity contribution is 6.42. The molecule has 7 heteroatoms. The normalized spacial score (nSPS) is 14.8. The average Bonchev–Trinajstić information content (AvgIpc) is 2.89. The zero-order valence-corrected chi connectivity index (χ0v) is 12.5. The van der Waals surface area contributed by atoms with Crippen molar-refractivity contribution in [2.24, 2.45) is 0 Å². The number of nitrogens with one attached hydrogen (secondary N) is 1. The molecule has 0 aromatic carbocycles. The van der Waals surface area contributed by atoms with Gasteiger partial charge in [-0.2, -0.15) is 0 Å². The molecule has 0 atom stereocenters. The summed E-state index contributed by atoms with van der Waals surface area (Å²) in [6.07, 6.45) is 2.61. The summed E-state index contributed by atoms with van der Waals surface area (Å²) in [5, 5.41) is 3.90. The third-order valence-electron chi connectivity index (χ3n) is 2.98. The number of nitrogens with zero attached hydrogens (tertiary/aromatic N) is 2. The summed E-state index contributed by atoms with van der Waals surface area (Å²) >= 11 is 17.6. The van der Waals surface area contributed by atoms with Crippen LogP contribution in [-0.4, -0.2) is 35.4 Å². The third kappa shape index (κ3) is 3.88. The average molecular weight is 323 g/mol. The number of amides is 1. The first kappa shape index (κ1) is 14.7. The van der Waals surface area contributed by atoms with Gasteiger partial charge in [-0.25, -0.2) is 4.98 Å². The Hall–Kier alpha value is -0.710. The van der Waals surface area contributed by atoms with E-state index in [0.717, 1.165) is 25.9 Å². The molecule has 0 saturated carbocycles. The third-order valence-corrected chi connectivity index (χ3v) is 3.94. The molecule has 0 unspecified atom stereocenters. The van der Waals surface area contributed by atoms with Gasteiger partial charge in [-0.15, -0.1) is 0 Å². The van der Waals surface area contributed by atoms with E-state index >= 15 is 0 Å². The van der Waals surface area contributed by atoms with Crippen LogP contribution in [0, 0.1) is 0 Å². The quantitative estimate of drug-likeness (QED) is 0.863. The molecule has 1 fully saturated rings. The van der Waals surface area contributed by atoms with Crippen LogP contribution in [0.5, 0.6) is 0 Å². The Bertz CT molecular complexity index is 476. The van der Waals surface area contributed by atoms with Gasteiger partial charge in [0.25, 0.3) is 0 Å². The molecule has 0 radical (unpaired) electrons. The number of likely N-dealkylation sites (tertiary alicyclic amines) is 1. The Balaban J connectivity index is 1.85. The monoisotopic (exact) mass is 321 g/mol. The van der Waals surface area contributed by atoms with E-state index in [1.54, 1.807) is 0 Å². The van der Waals surface area contributed by atoms with E-state index < -0.39 is 0 Å². The van der Waals surface area contributed by atoms with Gasteiger partial charge in [-0.3, -0.25) is 4.79 Å². The fraction of sp³-hybridized carbons (Fsp3) is 0.500. The Morgan fingerprint density at radius 3 is 2.63 bits per heavy atom. The van der Waals surface area contributed by atoms with Crippen LogP contribution in [0.15, 0.2) is 6.07 Å². The second-order valence-corrected chi connectivity index (χ2v) is 5.53. The Labute approximate surface area is 127 Å². The SMILES string of the molecule is O=C(CCNc1nc(Cl)c(Cl)cc1Cl)N1CCCC1. The first-order valence-electron chi connectivity index (χ1n) is 6.11. The van der Waals surface area contributed by atoms with E-state index in [9.17, 15) is 4.79 Å². The molecule has 2 heterocycles. The molecule has 1 aromatic rings. The van der Waals surface area contributed by atoms with E-state index in [0.29, 0.717) is 28.8 Å². The maximum Gasteiger partial charge on any atom is 0.224 e. The lowest BCUT2D eigenvalue weighted by Crippen LogP contribution is -2.29. The number of pyridine rings is 1. The summed E-state index contributed by atoms with van der Waals surface area (Å²) in [4.78, 5) is 17.7. The molecule has 1 N–H and O–H groups in total. The molecule has 2 rings (SSSR count). The molecule has 4 nitrogen and oxygen atoms in total. The highest BCUT2D eigenvalue weighted by Crippen LogP contribution is 2.28. The second kappa shape index (κ2) is 6.64. The molecule has 0 spiro atoms. The number of carbonyl (C=O) groups is 1. The van der Waals surface area contributed by atoms with Gasteiger partial charge in [0.2, 0.25) is 5.91 Å². The lowest BCUT2D eigenvalue weighted by molar-refractivity contribution is -0.129. The predicted molar refractivity (Wildman–Crippen MR) is 78.2 cm³/mol. The number of rotatable bonds is 4. The Morgan fingerprint density at radius 1 is 1.26 bits per heavy atom. The van der Waals surface area contributed by atoms with Gasteiger partial charge in [-0.05, 0) is 18.9 Å². The second-order valence-electron chi connectivity index (χ2n) is 4.36. The minimum atomic E-state index is 0.154. The van der Waals surface area contributed by atoms with E-state index in [4.69, 9.17) is 34.8 Å². The molecule has 1 aromatic heterocycles. The molecule has 1 amide bonds. The molecule has 0 aliphatic carbocycles. The van der Waals surface area contributed by atoms with Crippen molar-refractivity contribution in [1.29, 1.82) is 0 Å².